The van der Waals surface area contributed by atoms with Gasteiger partial charge in [0, 0.05) is 26.1 Å². The molecule has 0 heterocycles. The number of ether oxygens (including phenoxy) is 1. The maximum absolute atomic E-state index is 12.7. The van der Waals surface area contributed by atoms with Crippen molar-refractivity contribution in [1.82, 2.24) is 10.2 Å². The van der Waals surface area contributed by atoms with E-state index in [-0.39, 0.29) is 24.4 Å². The van der Waals surface area contributed by atoms with Crippen LogP contribution in [0.3, 0.4) is 0 Å². The highest BCUT2D eigenvalue weighted by Crippen LogP contribution is 2.14. The summed E-state index contributed by atoms with van der Waals surface area (Å²) < 4.78 is 32.1. The number of carbonyl (C=O) groups is 2. The molecule has 0 unspecified atom stereocenters. The van der Waals surface area contributed by atoms with Crippen LogP contribution < -0.4 is 14.6 Å². The highest BCUT2D eigenvalue weighted by molar-refractivity contribution is 7.84. The van der Waals surface area contributed by atoms with Crippen molar-refractivity contribution in [2.75, 3.05) is 19.6 Å². The Morgan fingerprint density at radius 1 is 0.846 bits per heavy atom. The molecule has 2 amide bonds. The minimum absolute atomic E-state index is 0.0146. The van der Waals surface area contributed by atoms with E-state index in [1.807, 2.05) is 30.3 Å². The van der Waals surface area contributed by atoms with E-state index in [1.165, 1.54) is 31.4 Å². The lowest BCUT2D eigenvalue weighted by molar-refractivity contribution is -0.121. The average molecular weight is 562 g/mol. The Labute approximate surface area is 233 Å². The summed E-state index contributed by atoms with van der Waals surface area (Å²) in [4.78, 5) is 26.7. The van der Waals surface area contributed by atoms with Gasteiger partial charge in [0.25, 0.3) is 0 Å². The van der Waals surface area contributed by atoms with Gasteiger partial charge in [0.2, 0.25) is 5.91 Å². The quantitative estimate of drug-likeness (QED) is 0.230. The molecule has 0 atom stereocenters. The summed E-state index contributed by atoms with van der Waals surface area (Å²) in [6, 6.07) is 16.2. The number of nitrogens with one attached hydrogen (secondary N) is 1. The first kappa shape index (κ1) is 32.1. The molecule has 0 bridgehead atoms. The molecule has 10 heteroatoms. The molecule has 2 aromatic carbocycles. The van der Waals surface area contributed by atoms with Gasteiger partial charge in [-0.15, -0.1) is 0 Å². The first-order valence-electron chi connectivity index (χ1n) is 13.8. The second-order valence-electron chi connectivity index (χ2n) is 9.57. The molecule has 0 aliphatic rings. The molecule has 0 aliphatic heterocycles. The van der Waals surface area contributed by atoms with Crippen LogP contribution in [0.25, 0.3) is 0 Å². The van der Waals surface area contributed by atoms with Crippen molar-refractivity contribution >= 4 is 22.3 Å². The Kier molecular flexibility index (Phi) is 15.0. The zero-order valence-corrected chi connectivity index (χ0v) is 23.8. The van der Waals surface area contributed by atoms with Crippen molar-refractivity contribution in [2.45, 2.75) is 77.7 Å². The van der Waals surface area contributed by atoms with Crippen molar-refractivity contribution in [1.29, 1.82) is 0 Å². The predicted molar refractivity (Wildman–Crippen MR) is 152 cm³/mol. The van der Waals surface area contributed by atoms with E-state index in [4.69, 9.17) is 9.88 Å². The maximum atomic E-state index is 12.7. The Morgan fingerprint density at radius 2 is 1.49 bits per heavy atom. The SMILES string of the molecule is CCCCCCCN(CCCCCC(=O)NCCc1ccc(OS(N)(=O)=O)cc1)C(=O)OCc1ccccc1. The number of hydrogen-bond acceptors (Lipinski definition) is 6. The fraction of sp³-hybridized carbons (Fsp3) is 0.517. The van der Waals surface area contributed by atoms with Crippen molar-refractivity contribution in [3.63, 3.8) is 0 Å². The lowest BCUT2D eigenvalue weighted by atomic mass is 10.1. The Bertz CT molecular complexity index is 1080. The van der Waals surface area contributed by atoms with Crippen LogP contribution in [-0.2, 0) is 32.9 Å². The lowest BCUT2D eigenvalue weighted by Crippen LogP contribution is -2.33. The van der Waals surface area contributed by atoms with Gasteiger partial charge in [-0.05, 0) is 48.9 Å². The Hall–Kier alpha value is -3.11. The average Bonchev–Trinajstić information content (AvgIpc) is 2.91. The summed E-state index contributed by atoms with van der Waals surface area (Å²) in [6.45, 7) is 4.23. The van der Waals surface area contributed by atoms with Crippen molar-refractivity contribution < 1.29 is 26.9 Å². The second-order valence-corrected chi connectivity index (χ2v) is 10.7. The largest absolute Gasteiger partial charge is 0.445 e. The number of amides is 2. The summed E-state index contributed by atoms with van der Waals surface area (Å²) in [5.74, 6) is 0.129. The normalized spacial score (nSPS) is 11.1. The number of hydrogen-bond donors (Lipinski definition) is 2. The number of benzene rings is 2. The van der Waals surface area contributed by atoms with E-state index in [0.29, 0.717) is 32.5 Å². The smallest absolute Gasteiger partial charge is 0.410 e. The number of carbonyl (C=O) groups excluding carboxylic acids is 2. The third kappa shape index (κ3) is 15.2. The zero-order valence-electron chi connectivity index (χ0n) is 23.0. The molecule has 3 N–H and O–H groups in total. The summed E-state index contributed by atoms with van der Waals surface area (Å²) in [5, 5.41) is 7.76. The fourth-order valence-electron chi connectivity index (χ4n) is 4.06. The molecular weight excluding hydrogens is 518 g/mol. The van der Waals surface area contributed by atoms with Gasteiger partial charge in [-0.25, -0.2) is 4.79 Å². The van der Waals surface area contributed by atoms with Crippen LogP contribution >= 0.6 is 0 Å². The molecule has 0 fully saturated rings. The second kappa shape index (κ2) is 18.2. The van der Waals surface area contributed by atoms with Gasteiger partial charge in [0.05, 0.1) is 0 Å². The van der Waals surface area contributed by atoms with Gasteiger partial charge in [0.1, 0.15) is 12.4 Å². The highest BCUT2D eigenvalue weighted by atomic mass is 32.2. The van der Waals surface area contributed by atoms with Crippen LogP contribution in [0, 0.1) is 0 Å². The molecule has 0 aliphatic carbocycles. The molecule has 9 nitrogen and oxygen atoms in total. The van der Waals surface area contributed by atoms with Crippen molar-refractivity contribution in [3.05, 3.63) is 65.7 Å². The third-order valence-corrected chi connectivity index (χ3v) is 6.62. The minimum Gasteiger partial charge on any atom is -0.445 e. The number of unbranched alkanes of at least 4 members (excludes halogenated alkanes) is 6. The van der Waals surface area contributed by atoms with Crippen LogP contribution in [-0.4, -0.2) is 45.0 Å². The maximum Gasteiger partial charge on any atom is 0.410 e. The summed E-state index contributed by atoms with van der Waals surface area (Å²) >= 11 is 0. The molecule has 0 radical (unpaired) electrons. The first-order chi connectivity index (χ1) is 18.8. The van der Waals surface area contributed by atoms with Gasteiger partial charge >= 0.3 is 16.4 Å². The standard InChI is InChI=1S/C29H43N3O6S/c1-2-3-4-5-11-22-32(29(34)37-24-26-13-8-6-9-14-26)23-12-7-10-15-28(33)31-21-20-25-16-18-27(19-17-25)38-39(30,35)36/h6,8-9,13-14,16-19H,2-5,7,10-12,15,20-24H2,1H3,(H,31,33)(H2,30,35,36). The van der Waals surface area contributed by atoms with E-state index in [1.54, 1.807) is 17.0 Å². The van der Waals surface area contributed by atoms with Crippen molar-refractivity contribution in [2.24, 2.45) is 5.14 Å². The molecule has 39 heavy (non-hydrogen) atoms. The lowest BCUT2D eigenvalue weighted by Gasteiger charge is -2.22. The Balaban J connectivity index is 1.65. The minimum atomic E-state index is -4.04. The van der Waals surface area contributed by atoms with Crippen LogP contribution in [0.5, 0.6) is 5.75 Å². The Morgan fingerprint density at radius 3 is 2.13 bits per heavy atom. The van der Waals surface area contributed by atoms with Gasteiger partial charge in [0.15, 0.2) is 0 Å². The van der Waals surface area contributed by atoms with Gasteiger partial charge < -0.3 is 19.1 Å². The predicted octanol–water partition coefficient (Wildman–Crippen LogP) is 5.10. The zero-order chi connectivity index (χ0) is 28.3. The van der Waals surface area contributed by atoms with Gasteiger partial charge in [-0.1, -0.05) is 81.5 Å². The molecule has 2 rings (SSSR count). The summed E-state index contributed by atoms with van der Waals surface area (Å²) in [5.41, 5.74) is 1.90. The van der Waals surface area contributed by atoms with Crippen LogP contribution in [0.15, 0.2) is 54.6 Å². The van der Waals surface area contributed by atoms with E-state index in [0.717, 1.165) is 43.2 Å². The van der Waals surface area contributed by atoms with Crippen LogP contribution in [0.4, 0.5) is 4.79 Å². The molecule has 0 saturated heterocycles. The molecule has 2 aromatic rings. The fourth-order valence-corrected chi connectivity index (χ4v) is 4.44. The van der Waals surface area contributed by atoms with Crippen LogP contribution in [0.2, 0.25) is 0 Å². The number of nitrogens with two attached hydrogens (primary N) is 1. The van der Waals surface area contributed by atoms with E-state index in [9.17, 15) is 18.0 Å². The molecular formula is C29H43N3O6S. The van der Waals surface area contributed by atoms with E-state index >= 15 is 0 Å². The third-order valence-electron chi connectivity index (χ3n) is 6.20. The number of nitrogens with zero attached hydrogens (tertiary/aromatic N) is 1. The molecule has 0 spiro atoms. The van der Waals surface area contributed by atoms with E-state index < -0.39 is 10.3 Å². The monoisotopic (exact) mass is 561 g/mol. The summed E-state index contributed by atoms with van der Waals surface area (Å²) in [6.07, 6.45) is 8.80. The van der Waals surface area contributed by atoms with Gasteiger partial charge in [-0.3, -0.25) is 4.79 Å². The highest BCUT2D eigenvalue weighted by Gasteiger charge is 2.15. The number of rotatable bonds is 19. The molecule has 0 saturated carbocycles. The summed E-state index contributed by atoms with van der Waals surface area (Å²) in [7, 11) is -4.04. The van der Waals surface area contributed by atoms with Crippen LogP contribution in [0.1, 0.15) is 75.8 Å². The first-order valence-corrected chi connectivity index (χ1v) is 15.3. The molecule has 216 valence electrons. The van der Waals surface area contributed by atoms with E-state index in [2.05, 4.69) is 16.4 Å². The van der Waals surface area contributed by atoms with Crippen molar-refractivity contribution in [3.8, 4) is 5.75 Å². The topological polar surface area (TPSA) is 128 Å². The molecule has 0 aromatic heterocycles. The van der Waals surface area contributed by atoms with Gasteiger partial charge in [-0.2, -0.15) is 13.6 Å².